The molecule has 0 bridgehead atoms. The summed E-state index contributed by atoms with van der Waals surface area (Å²) < 4.78 is 10.6. The quantitative estimate of drug-likeness (QED) is 0.285. The van der Waals surface area contributed by atoms with Gasteiger partial charge in [0, 0.05) is 19.6 Å². The van der Waals surface area contributed by atoms with E-state index in [0.29, 0.717) is 6.04 Å². The van der Waals surface area contributed by atoms with Gasteiger partial charge in [0.1, 0.15) is 0 Å². The Balaban J connectivity index is 0.00000484. The predicted octanol–water partition coefficient (Wildman–Crippen LogP) is 3.22. The van der Waals surface area contributed by atoms with E-state index in [1.165, 1.54) is 5.56 Å². The number of hydrogen-bond donors (Lipinski definition) is 2. The largest absolute Gasteiger partial charge is 0.493 e. The van der Waals surface area contributed by atoms with E-state index in [0.717, 1.165) is 43.3 Å². The van der Waals surface area contributed by atoms with E-state index >= 15 is 0 Å². The third kappa shape index (κ3) is 7.76. The van der Waals surface area contributed by atoms with Crippen LogP contribution in [0.1, 0.15) is 32.3 Å². The second kappa shape index (κ2) is 12.3. The molecule has 23 heavy (non-hydrogen) atoms. The van der Waals surface area contributed by atoms with Gasteiger partial charge in [0.2, 0.25) is 0 Å². The van der Waals surface area contributed by atoms with Gasteiger partial charge >= 0.3 is 0 Å². The van der Waals surface area contributed by atoms with Gasteiger partial charge in [0.15, 0.2) is 17.5 Å². The van der Waals surface area contributed by atoms with Gasteiger partial charge in [0.25, 0.3) is 0 Å². The molecule has 0 saturated heterocycles. The molecule has 0 saturated carbocycles. The molecule has 5 nitrogen and oxygen atoms in total. The molecule has 1 atom stereocenters. The summed E-state index contributed by atoms with van der Waals surface area (Å²) in [6.45, 7) is 5.18. The lowest BCUT2D eigenvalue weighted by Gasteiger charge is -2.16. The molecule has 1 aromatic rings. The monoisotopic (exact) mass is 435 g/mol. The second-order valence-corrected chi connectivity index (χ2v) is 5.25. The van der Waals surface area contributed by atoms with Crippen LogP contribution in [0, 0.1) is 0 Å². The highest BCUT2D eigenvalue weighted by Crippen LogP contribution is 2.27. The van der Waals surface area contributed by atoms with Crippen LogP contribution in [-0.2, 0) is 6.42 Å². The average Bonchev–Trinajstić information content (AvgIpc) is 2.56. The fourth-order valence-electron chi connectivity index (χ4n) is 2.07. The summed E-state index contributed by atoms with van der Waals surface area (Å²) in [5, 5.41) is 6.69. The van der Waals surface area contributed by atoms with E-state index in [1.54, 1.807) is 21.3 Å². The Morgan fingerprint density at radius 3 is 2.48 bits per heavy atom. The minimum atomic E-state index is 0. The standard InChI is InChI=1S/C17H29N3O2.HI/c1-6-13(2)20-17(18-3)19-11-7-8-14-9-10-15(21-4)16(12-14)22-5;/h9-10,12-13H,6-8,11H2,1-5H3,(H2,18,19,20);1H. The van der Waals surface area contributed by atoms with Crippen LogP contribution in [0.5, 0.6) is 11.5 Å². The number of nitrogens with zero attached hydrogens (tertiary/aromatic N) is 1. The molecule has 0 aromatic heterocycles. The average molecular weight is 435 g/mol. The first-order valence-electron chi connectivity index (χ1n) is 7.82. The van der Waals surface area contributed by atoms with Crippen LogP contribution < -0.4 is 20.1 Å². The molecule has 2 N–H and O–H groups in total. The number of nitrogens with one attached hydrogen (secondary N) is 2. The van der Waals surface area contributed by atoms with Gasteiger partial charge in [-0.05, 0) is 43.9 Å². The van der Waals surface area contributed by atoms with Crippen molar-refractivity contribution in [2.45, 2.75) is 39.2 Å². The summed E-state index contributed by atoms with van der Waals surface area (Å²) in [6.07, 6.45) is 3.08. The topological polar surface area (TPSA) is 54.9 Å². The van der Waals surface area contributed by atoms with Crippen LogP contribution in [0.25, 0.3) is 0 Å². The van der Waals surface area contributed by atoms with Crippen molar-refractivity contribution >= 4 is 29.9 Å². The van der Waals surface area contributed by atoms with Crippen LogP contribution >= 0.6 is 24.0 Å². The summed E-state index contributed by atoms with van der Waals surface area (Å²) >= 11 is 0. The predicted molar refractivity (Wildman–Crippen MR) is 108 cm³/mol. The molecule has 0 spiro atoms. The number of aliphatic imine (C=N–C) groups is 1. The third-order valence-corrected chi connectivity index (χ3v) is 3.60. The SMILES string of the molecule is CCC(C)NC(=NC)NCCCc1ccc(OC)c(OC)c1.I. The maximum Gasteiger partial charge on any atom is 0.191 e. The summed E-state index contributed by atoms with van der Waals surface area (Å²) in [5.74, 6) is 2.41. The van der Waals surface area contributed by atoms with Gasteiger partial charge in [-0.1, -0.05) is 13.0 Å². The van der Waals surface area contributed by atoms with Crippen molar-refractivity contribution in [2.75, 3.05) is 27.8 Å². The number of methoxy groups -OCH3 is 2. The Morgan fingerprint density at radius 2 is 1.91 bits per heavy atom. The van der Waals surface area contributed by atoms with Crippen LogP contribution in [0.2, 0.25) is 0 Å². The molecular weight excluding hydrogens is 405 g/mol. The van der Waals surface area contributed by atoms with Crippen LogP contribution in [0.4, 0.5) is 0 Å². The molecule has 1 aromatic carbocycles. The highest BCUT2D eigenvalue weighted by Gasteiger charge is 2.05. The van der Waals surface area contributed by atoms with Crippen molar-refractivity contribution in [1.29, 1.82) is 0 Å². The first-order valence-corrected chi connectivity index (χ1v) is 7.82. The second-order valence-electron chi connectivity index (χ2n) is 5.25. The van der Waals surface area contributed by atoms with Crippen LogP contribution in [0.15, 0.2) is 23.2 Å². The van der Waals surface area contributed by atoms with Gasteiger partial charge in [-0.3, -0.25) is 4.99 Å². The van der Waals surface area contributed by atoms with Gasteiger partial charge in [0.05, 0.1) is 14.2 Å². The summed E-state index contributed by atoms with van der Waals surface area (Å²) in [6, 6.07) is 6.49. The lowest BCUT2D eigenvalue weighted by atomic mass is 10.1. The van der Waals surface area contributed by atoms with Crippen molar-refractivity contribution in [3.63, 3.8) is 0 Å². The number of benzene rings is 1. The molecule has 132 valence electrons. The zero-order valence-corrected chi connectivity index (χ0v) is 17.1. The third-order valence-electron chi connectivity index (χ3n) is 3.60. The lowest BCUT2D eigenvalue weighted by molar-refractivity contribution is 0.354. The van der Waals surface area contributed by atoms with E-state index in [4.69, 9.17) is 9.47 Å². The van der Waals surface area contributed by atoms with E-state index in [2.05, 4.69) is 35.5 Å². The Hall–Kier alpha value is -1.18. The summed E-state index contributed by atoms with van der Waals surface area (Å²) in [5.41, 5.74) is 1.24. The molecule has 0 aliphatic carbocycles. The number of guanidine groups is 1. The van der Waals surface area contributed by atoms with E-state index in [1.807, 2.05) is 12.1 Å². The van der Waals surface area contributed by atoms with Gasteiger partial charge in [-0.2, -0.15) is 0 Å². The minimum absolute atomic E-state index is 0. The van der Waals surface area contributed by atoms with Crippen molar-refractivity contribution < 1.29 is 9.47 Å². The molecule has 1 rings (SSSR count). The molecule has 0 amide bonds. The van der Waals surface area contributed by atoms with Crippen molar-refractivity contribution in [3.05, 3.63) is 23.8 Å². The van der Waals surface area contributed by atoms with Crippen molar-refractivity contribution in [2.24, 2.45) is 4.99 Å². The maximum atomic E-state index is 5.33. The van der Waals surface area contributed by atoms with Crippen molar-refractivity contribution in [3.8, 4) is 11.5 Å². The zero-order valence-electron chi connectivity index (χ0n) is 14.8. The normalized spacial score (nSPS) is 12.1. The van der Waals surface area contributed by atoms with Gasteiger partial charge in [-0.15, -0.1) is 24.0 Å². The first kappa shape index (κ1) is 21.8. The van der Waals surface area contributed by atoms with E-state index in [9.17, 15) is 0 Å². The van der Waals surface area contributed by atoms with E-state index < -0.39 is 0 Å². The molecule has 6 heteroatoms. The molecule has 0 fully saturated rings. The minimum Gasteiger partial charge on any atom is -0.493 e. The Kier molecular flexibility index (Phi) is 11.6. The molecule has 0 radical (unpaired) electrons. The molecule has 0 heterocycles. The Bertz CT molecular complexity index is 481. The fraction of sp³-hybridized carbons (Fsp3) is 0.588. The highest BCUT2D eigenvalue weighted by atomic mass is 127. The summed E-state index contributed by atoms with van der Waals surface area (Å²) in [4.78, 5) is 4.23. The Labute approximate surface area is 157 Å². The van der Waals surface area contributed by atoms with Gasteiger partial charge in [-0.25, -0.2) is 0 Å². The first-order chi connectivity index (χ1) is 10.6. The maximum absolute atomic E-state index is 5.33. The zero-order chi connectivity index (χ0) is 16.4. The number of ether oxygens (including phenoxy) is 2. The molecule has 0 aliphatic rings. The molecule has 0 aliphatic heterocycles. The number of hydrogen-bond acceptors (Lipinski definition) is 3. The van der Waals surface area contributed by atoms with Gasteiger partial charge < -0.3 is 20.1 Å². The number of halogens is 1. The van der Waals surface area contributed by atoms with Crippen LogP contribution in [-0.4, -0.2) is 39.8 Å². The fourth-order valence-corrected chi connectivity index (χ4v) is 2.07. The highest BCUT2D eigenvalue weighted by molar-refractivity contribution is 14.0. The number of aryl methyl sites for hydroxylation is 1. The Morgan fingerprint density at radius 1 is 1.22 bits per heavy atom. The number of rotatable bonds is 8. The lowest BCUT2D eigenvalue weighted by Crippen LogP contribution is -2.42. The molecular formula is C17H30IN3O2. The summed E-state index contributed by atoms with van der Waals surface area (Å²) in [7, 11) is 5.11. The molecule has 1 unspecified atom stereocenters. The van der Waals surface area contributed by atoms with E-state index in [-0.39, 0.29) is 24.0 Å². The van der Waals surface area contributed by atoms with Crippen LogP contribution in [0.3, 0.4) is 0 Å². The van der Waals surface area contributed by atoms with Crippen molar-refractivity contribution in [1.82, 2.24) is 10.6 Å². The smallest absolute Gasteiger partial charge is 0.191 e.